The maximum atomic E-state index is 13.8. The second-order valence-corrected chi connectivity index (χ2v) is 6.30. The summed E-state index contributed by atoms with van der Waals surface area (Å²) in [6.45, 7) is 3.14. The van der Waals surface area contributed by atoms with E-state index in [0.29, 0.717) is 49.8 Å². The van der Waals surface area contributed by atoms with Gasteiger partial charge < -0.3 is 15.0 Å². The third kappa shape index (κ3) is 2.99. The van der Waals surface area contributed by atoms with E-state index >= 15 is 0 Å². The van der Waals surface area contributed by atoms with Crippen molar-refractivity contribution in [2.24, 2.45) is 0 Å². The van der Waals surface area contributed by atoms with Crippen LogP contribution in [0.1, 0.15) is 5.56 Å². The molecule has 1 aromatic carbocycles. The molecule has 0 spiro atoms. The lowest BCUT2D eigenvalue weighted by atomic mass is 10.2. The first kappa shape index (κ1) is 16.5. The Labute approximate surface area is 149 Å². The Balaban J connectivity index is 1.52. The molecule has 0 radical (unpaired) electrons. The van der Waals surface area contributed by atoms with Crippen LogP contribution in [0.15, 0.2) is 48.7 Å². The lowest BCUT2D eigenvalue weighted by Crippen LogP contribution is -2.46. The molecule has 0 bridgehead atoms. The van der Waals surface area contributed by atoms with Crippen molar-refractivity contribution in [1.29, 1.82) is 0 Å². The first-order valence-corrected chi connectivity index (χ1v) is 8.45. The number of benzene rings is 1. The molecule has 26 heavy (non-hydrogen) atoms. The minimum absolute atomic E-state index is 0.0110. The Bertz CT molecular complexity index is 950. The second-order valence-electron chi connectivity index (χ2n) is 6.30. The number of fused-ring (bicyclic) bond motifs is 1. The highest BCUT2D eigenvalue weighted by molar-refractivity contribution is 5.63. The predicted octanol–water partition coefficient (Wildman–Crippen LogP) is 2.70. The maximum Gasteiger partial charge on any atom is 0.372 e. The van der Waals surface area contributed by atoms with Gasteiger partial charge in [0.25, 0.3) is 0 Å². The SMILES string of the molecule is O=[N+]([O-])c1c(N2CCN(Cc3ccccc3F)CC2)nc2ccccn12. The van der Waals surface area contributed by atoms with Crippen molar-refractivity contribution in [3.8, 4) is 0 Å². The van der Waals surface area contributed by atoms with Crippen LogP contribution < -0.4 is 4.90 Å². The van der Waals surface area contributed by atoms with Gasteiger partial charge in [0, 0.05) is 44.4 Å². The molecule has 0 aliphatic carbocycles. The number of pyridine rings is 1. The Morgan fingerprint density at radius 2 is 1.81 bits per heavy atom. The van der Waals surface area contributed by atoms with Gasteiger partial charge in [0.15, 0.2) is 0 Å². The lowest BCUT2D eigenvalue weighted by molar-refractivity contribution is -0.389. The summed E-state index contributed by atoms with van der Waals surface area (Å²) in [4.78, 5) is 19.7. The molecule has 8 heteroatoms. The normalized spacial score (nSPS) is 15.5. The van der Waals surface area contributed by atoms with Crippen molar-refractivity contribution in [1.82, 2.24) is 14.3 Å². The van der Waals surface area contributed by atoms with Crippen LogP contribution in [0.4, 0.5) is 16.0 Å². The molecule has 0 amide bonds. The monoisotopic (exact) mass is 355 g/mol. The molecule has 134 valence electrons. The molecule has 4 rings (SSSR count). The van der Waals surface area contributed by atoms with Crippen LogP contribution in [0.3, 0.4) is 0 Å². The van der Waals surface area contributed by atoms with Gasteiger partial charge in [-0.15, -0.1) is 0 Å². The van der Waals surface area contributed by atoms with E-state index < -0.39 is 0 Å². The third-order valence-electron chi connectivity index (χ3n) is 4.68. The number of imidazole rings is 1. The zero-order valence-corrected chi connectivity index (χ0v) is 14.1. The van der Waals surface area contributed by atoms with Crippen molar-refractivity contribution in [3.05, 3.63) is 70.2 Å². The highest BCUT2D eigenvalue weighted by atomic mass is 19.1. The fraction of sp³-hybridized carbons (Fsp3) is 0.278. The standard InChI is InChI=1S/C18H18FN5O2/c19-15-6-2-1-5-14(15)13-21-9-11-22(12-10-21)17-18(24(25)26)23-8-4-3-7-16(23)20-17/h1-8H,9-13H2. The minimum Gasteiger partial charge on any atom is -0.358 e. The van der Waals surface area contributed by atoms with Crippen LogP contribution in [0.25, 0.3) is 5.65 Å². The summed E-state index contributed by atoms with van der Waals surface area (Å²) >= 11 is 0. The number of hydrogen-bond acceptors (Lipinski definition) is 5. The van der Waals surface area contributed by atoms with Crippen LogP contribution in [0.2, 0.25) is 0 Å². The van der Waals surface area contributed by atoms with Crippen molar-refractivity contribution in [2.75, 3.05) is 31.1 Å². The van der Waals surface area contributed by atoms with Crippen LogP contribution in [0.5, 0.6) is 0 Å². The second kappa shape index (κ2) is 6.72. The maximum absolute atomic E-state index is 13.8. The van der Waals surface area contributed by atoms with Crippen molar-refractivity contribution in [3.63, 3.8) is 0 Å². The van der Waals surface area contributed by atoms with E-state index in [1.54, 1.807) is 30.5 Å². The molecule has 0 unspecified atom stereocenters. The molecule has 1 saturated heterocycles. The van der Waals surface area contributed by atoms with Gasteiger partial charge in [-0.3, -0.25) is 4.90 Å². The van der Waals surface area contributed by atoms with Crippen LogP contribution in [-0.4, -0.2) is 45.4 Å². The highest BCUT2D eigenvalue weighted by Gasteiger charge is 2.29. The van der Waals surface area contributed by atoms with E-state index in [0.717, 1.165) is 0 Å². The number of nitrogens with zero attached hydrogens (tertiary/aromatic N) is 5. The summed E-state index contributed by atoms with van der Waals surface area (Å²) in [7, 11) is 0. The van der Waals surface area contributed by atoms with E-state index in [-0.39, 0.29) is 16.6 Å². The molecule has 0 N–H and O–H groups in total. The van der Waals surface area contributed by atoms with E-state index in [4.69, 9.17) is 0 Å². The predicted molar refractivity (Wildman–Crippen MR) is 95.7 cm³/mol. The number of aromatic nitrogens is 2. The lowest BCUT2D eigenvalue weighted by Gasteiger charge is -2.34. The van der Waals surface area contributed by atoms with Gasteiger partial charge >= 0.3 is 5.82 Å². The number of anilines is 1. The number of halogens is 1. The largest absolute Gasteiger partial charge is 0.372 e. The molecule has 3 heterocycles. The summed E-state index contributed by atoms with van der Waals surface area (Å²) in [5, 5.41) is 11.5. The molecule has 7 nitrogen and oxygen atoms in total. The molecule has 0 atom stereocenters. The highest BCUT2D eigenvalue weighted by Crippen LogP contribution is 2.29. The molecular weight excluding hydrogens is 337 g/mol. The quantitative estimate of drug-likeness (QED) is 0.532. The summed E-state index contributed by atoms with van der Waals surface area (Å²) in [5.74, 6) is 0.181. The summed E-state index contributed by atoms with van der Waals surface area (Å²) in [6.07, 6.45) is 1.65. The summed E-state index contributed by atoms with van der Waals surface area (Å²) in [5.41, 5.74) is 1.22. The Hall–Kier alpha value is -3.00. The van der Waals surface area contributed by atoms with Gasteiger partial charge in [0.05, 0.1) is 6.20 Å². The zero-order chi connectivity index (χ0) is 18.1. The molecule has 1 aliphatic rings. The van der Waals surface area contributed by atoms with E-state index in [1.165, 1.54) is 10.5 Å². The minimum atomic E-state index is -0.388. The van der Waals surface area contributed by atoms with Gasteiger partial charge in [0.1, 0.15) is 5.82 Å². The molecule has 1 fully saturated rings. The Morgan fingerprint density at radius 1 is 1.08 bits per heavy atom. The third-order valence-corrected chi connectivity index (χ3v) is 4.68. The first-order chi connectivity index (χ1) is 12.6. The van der Waals surface area contributed by atoms with Crippen LogP contribution in [0, 0.1) is 15.9 Å². The van der Waals surface area contributed by atoms with Crippen LogP contribution >= 0.6 is 0 Å². The topological polar surface area (TPSA) is 66.9 Å². The van der Waals surface area contributed by atoms with Crippen molar-refractivity contribution >= 4 is 17.3 Å². The van der Waals surface area contributed by atoms with E-state index in [1.807, 2.05) is 17.0 Å². The fourth-order valence-corrected chi connectivity index (χ4v) is 3.34. The van der Waals surface area contributed by atoms with Crippen molar-refractivity contribution in [2.45, 2.75) is 6.54 Å². The molecule has 1 aliphatic heterocycles. The zero-order valence-electron chi connectivity index (χ0n) is 14.1. The van der Waals surface area contributed by atoms with Crippen molar-refractivity contribution < 1.29 is 9.31 Å². The fourth-order valence-electron chi connectivity index (χ4n) is 3.34. The number of rotatable bonds is 4. The summed E-state index contributed by atoms with van der Waals surface area (Å²) in [6, 6.07) is 12.1. The molecule has 2 aromatic heterocycles. The molecule has 0 saturated carbocycles. The van der Waals surface area contributed by atoms with E-state index in [9.17, 15) is 14.5 Å². The molecular formula is C18H18FN5O2. The first-order valence-electron chi connectivity index (χ1n) is 8.45. The summed E-state index contributed by atoms with van der Waals surface area (Å²) < 4.78 is 15.3. The van der Waals surface area contributed by atoms with Gasteiger partial charge in [-0.1, -0.05) is 24.3 Å². The number of nitro groups is 1. The van der Waals surface area contributed by atoms with Gasteiger partial charge in [0.2, 0.25) is 11.5 Å². The van der Waals surface area contributed by atoms with Gasteiger partial charge in [-0.2, -0.15) is 9.38 Å². The van der Waals surface area contributed by atoms with E-state index in [2.05, 4.69) is 9.88 Å². The van der Waals surface area contributed by atoms with Gasteiger partial charge in [-0.25, -0.2) is 4.39 Å². The number of piperazine rings is 1. The molecule has 3 aromatic rings. The average molecular weight is 355 g/mol. The average Bonchev–Trinajstić information content (AvgIpc) is 3.04. The smallest absolute Gasteiger partial charge is 0.358 e. The Morgan fingerprint density at radius 3 is 2.54 bits per heavy atom. The van der Waals surface area contributed by atoms with Gasteiger partial charge in [-0.05, 0) is 17.1 Å². The Kier molecular flexibility index (Phi) is 4.26. The number of hydrogen-bond donors (Lipinski definition) is 0. The van der Waals surface area contributed by atoms with Crippen LogP contribution in [-0.2, 0) is 6.54 Å².